The molecule has 144 valence electrons. The molecule has 0 saturated carbocycles. The highest BCUT2D eigenvalue weighted by molar-refractivity contribution is 5.92. The van der Waals surface area contributed by atoms with Gasteiger partial charge < -0.3 is 19.2 Å². The summed E-state index contributed by atoms with van der Waals surface area (Å²) >= 11 is 0. The van der Waals surface area contributed by atoms with Crippen LogP contribution < -0.4 is 10.1 Å². The molecule has 3 rings (SSSR count). The van der Waals surface area contributed by atoms with E-state index in [1.165, 1.54) is 0 Å². The average Bonchev–Trinajstić information content (AvgIpc) is 3.25. The summed E-state index contributed by atoms with van der Waals surface area (Å²) in [7, 11) is 0. The standard InChI is InChI=1S/C22H21NO5/c24-21(16-28-22(25)13-12-19-7-4-14-26-19)23-18-8-10-20(11-9-18)27-15-17-5-2-1-3-6-17/h1-11,14H,12-13,15-16H2,(H,23,24). The molecule has 0 atom stereocenters. The molecule has 0 saturated heterocycles. The number of amides is 1. The summed E-state index contributed by atoms with van der Waals surface area (Å²) in [5.41, 5.74) is 1.68. The highest BCUT2D eigenvalue weighted by Gasteiger charge is 2.09. The Morgan fingerprint density at radius 3 is 2.43 bits per heavy atom. The maximum atomic E-state index is 11.9. The normalized spacial score (nSPS) is 10.3. The van der Waals surface area contributed by atoms with Crippen LogP contribution in [-0.4, -0.2) is 18.5 Å². The van der Waals surface area contributed by atoms with Crippen molar-refractivity contribution in [2.75, 3.05) is 11.9 Å². The topological polar surface area (TPSA) is 77.8 Å². The van der Waals surface area contributed by atoms with Crippen LogP contribution in [0.2, 0.25) is 0 Å². The molecule has 0 aliphatic heterocycles. The number of benzene rings is 2. The number of nitrogens with one attached hydrogen (secondary N) is 1. The number of hydrogen-bond donors (Lipinski definition) is 1. The van der Waals surface area contributed by atoms with Crippen molar-refractivity contribution in [2.24, 2.45) is 0 Å². The largest absolute Gasteiger partial charge is 0.489 e. The first-order chi connectivity index (χ1) is 13.7. The van der Waals surface area contributed by atoms with Crippen molar-refractivity contribution in [2.45, 2.75) is 19.4 Å². The fourth-order valence-electron chi connectivity index (χ4n) is 2.47. The van der Waals surface area contributed by atoms with Gasteiger partial charge in [-0.3, -0.25) is 9.59 Å². The number of furan rings is 1. The molecular formula is C22H21NO5. The van der Waals surface area contributed by atoms with Crippen molar-refractivity contribution in [3.63, 3.8) is 0 Å². The molecule has 0 aliphatic rings. The quantitative estimate of drug-likeness (QED) is 0.569. The number of ether oxygens (including phenoxy) is 2. The SMILES string of the molecule is O=C(COC(=O)CCc1ccco1)Nc1ccc(OCc2ccccc2)cc1. The Morgan fingerprint density at radius 2 is 1.71 bits per heavy atom. The number of anilines is 1. The second kappa shape index (κ2) is 9.97. The molecule has 0 bridgehead atoms. The van der Waals surface area contributed by atoms with Crippen LogP contribution in [0.4, 0.5) is 5.69 Å². The zero-order chi connectivity index (χ0) is 19.6. The molecule has 0 fully saturated rings. The third-order valence-corrected chi connectivity index (χ3v) is 3.91. The van der Waals surface area contributed by atoms with Crippen LogP contribution in [0.3, 0.4) is 0 Å². The zero-order valence-electron chi connectivity index (χ0n) is 15.3. The molecule has 0 radical (unpaired) electrons. The lowest BCUT2D eigenvalue weighted by Gasteiger charge is -2.09. The highest BCUT2D eigenvalue weighted by Crippen LogP contribution is 2.17. The lowest BCUT2D eigenvalue weighted by molar-refractivity contribution is -0.147. The Bertz CT molecular complexity index is 873. The van der Waals surface area contributed by atoms with Crippen molar-refractivity contribution in [1.29, 1.82) is 0 Å². The van der Waals surface area contributed by atoms with Gasteiger partial charge in [0.05, 0.1) is 12.7 Å². The van der Waals surface area contributed by atoms with Crippen LogP contribution in [0, 0.1) is 0 Å². The summed E-state index contributed by atoms with van der Waals surface area (Å²) in [5.74, 6) is 0.558. The van der Waals surface area contributed by atoms with E-state index in [0.717, 1.165) is 5.56 Å². The van der Waals surface area contributed by atoms with E-state index in [2.05, 4.69) is 5.32 Å². The van der Waals surface area contributed by atoms with Gasteiger partial charge in [0.2, 0.25) is 0 Å². The van der Waals surface area contributed by atoms with Crippen molar-refractivity contribution in [3.05, 3.63) is 84.3 Å². The lowest BCUT2D eigenvalue weighted by Crippen LogP contribution is -2.21. The maximum absolute atomic E-state index is 11.9. The van der Waals surface area contributed by atoms with Gasteiger partial charge in [-0.05, 0) is 42.0 Å². The predicted octanol–water partition coefficient (Wildman–Crippen LogP) is 3.97. The Kier molecular flexibility index (Phi) is 6.84. The molecule has 6 nitrogen and oxygen atoms in total. The van der Waals surface area contributed by atoms with Crippen LogP contribution in [-0.2, 0) is 27.4 Å². The minimum absolute atomic E-state index is 0.161. The summed E-state index contributed by atoms with van der Waals surface area (Å²) in [5, 5.41) is 2.68. The van der Waals surface area contributed by atoms with E-state index in [1.54, 1.807) is 42.7 Å². The van der Waals surface area contributed by atoms with E-state index < -0.39 is 11.9 Å². The van der Waals surface area contributed by atoms with E-state index >= 15 is 0 Å². The maximum Gasteiger partial charge on any atom is 0.306 e. The second-order valence-corrected chi connectivity index (χ2v) is 6.09. The van der Waals surface area contributed by atoms with E-state index in [4.69, 9.17) is 13.9 Å². The van der Waals surface area contributed by atoms with Crippen LogP contribution >= 0.6 is 0 Å². The molecule has 2 aromatic carbocycles. The molecule has 1 heterocycles. The van der Waals surface area contributed by atoms with Gasteiger partial charge in [0.1, 0.15) is 18.1 Å². The van der Waals surface area contributed by atoms with Crippen LogP contribution in [0.1, 0.15) is 17.7 Å². The number of aryl methyl sites for hydroxylation is 1. The Morgan fingerprint density at radius 1 is 0.929 bits per heavy atom. The summed E-state index contributed by atoms with van der Waals surface area (Å²) in [6.07, 6.45) is 2.15. The van der Waals surface area contributed by atoms with Gasteiger partial charge in [-0.1, -0.05) is 30.3 Å². The highest BCUT2D eigenvalue weighted by atomic mass is 16.5. The molecule has 0 spiro atoms. The van der Waals surface area contributed by atoms with E-state index in [-0.39, 0.29) is 13.0 Å². The molecule has 1 N–H and O–H groups in total. The Hall–Kier alpha value is -3.54. The molecule has 3 aromatic rings. The first kappa shape index (κ1) is 19.2. The van der Waals surface area contributed by atoms with Crippen LogP contribution in [0.5, 0.6) is 5.75 Å². The van der Waals surface area contributed by atoms with Gasteiger partial charge in [0.15, 0.2) is 6.61 Å². The zero-order valence-corrected chi connectivity index (χ0v) is 15.3. The second-order valence-electron chi connectivity index (χ2n) is 6.09. The fraction of sp³-hybridized carbons (Fsp3) is 0.182. The number of carbonyl (C=O) groups is 2. The predicted molar refractivity (Wildman–Crippen MR) is 104 cm³/mol. The molecule has 0 aliphatic carbocycles. The number of hydrogen-bond acceptors (Lipinski definition) is 5. The van der Waals surface area contributed by atoms with Gasteiger partial charge in [-0.25, -0.2) is 0 Å². The number of rotatable bonds is 9. The summed E-state index contributed by atoms with van der Waals surface area (Å²) in [6.45, 7) is 0.143. The average molecular weight is 379 g/mol. The minimum Gasteiger partial charge on any atom is -0.489 e. The van der Waals surface area contributed by atoms with Crippen molar-refractivity contribution >= 4 is 17.6 Å². The summed E-state index contributed by atoms with van der Waals surface area (Å²) < 4.78 is 15.8. The van der Waals surface area contributed by atoms with Gasteiger partial charge >= 0.3 is 5.97 Å². The minimum atomic E-state index is -0.448. The van der Waals surface area contributed by atoms with Crippen LogP contribution in [0.25, 0.3) is 0 Å². The van der Waals surface area contributed by atoms with E-state index in [1.807, 2.05) is 30.3 Å². The molecule has 0 unspecified atom stereocenters. The Balaban J connectivity index is 1.37. The first-order valence-electron chi connectivity index (χ1n) is 8.94. The van der Waals surface area contributed by atoms with Crippen LogP contribution in [0.15, 0.2) is 77.4 Å². The third-order valence-electron chi connectivity index (χ3n) is 3.91. The Labute approximate surface area is 163 Å². The third kappa shape index (κ3) is 6.32. The summed E-state index contributed by atoms with van der Waals surface area (Å²) in [6, 6.07) is 20.4. The molecule has 6 heteroatoms. The number of carbonyl (C=O) groups excluding carboxylic acids is 2. The van der Waals surface area contributed by atoms with Gasteiger partial charge in [-0.2, -0.15) is 0 Å². The molecular weight excluding hydrogens is 358 g/mol. The van der Waals surface area contributed by atoms with Crippen molar-refractivity contribution in [3.8, 4) is 5.75 Å². The van der Waals surface area contributed by atoms with Gasteiger partial charge in [0.25, 0.3) is 5.91 Å². The molecule has 28 heavy (non-hydrogen) atoms. The van der Waals surface area contributed by atoms with Gasteiger partial charge in [-0.15, -0.1) is 0 Å². The number of esters is 1. The lowest BCUT2D eigenvalue weighted by atomic mass is 10.2. The van der Waals surface area contributed by atoms with E-state index in [9.17, 15) is 9.59 Å². The van der Waals surface area contributed by atoms with Gasteiger partial charge in [0, 0.05) is 12.1 Å². The monoisotopic (exact) mass is 379 g/mol. The van der Waals surface area contributed by atoms with Crippen molar-refractivity contribution < 1.29 is 23.5 Å². The molecule has 1 aromatic heterocycles. The fourth-order valence-corrected chi connectivity index (χ4v) is 2.47. The smallest absolute Gasteiger partial charge is 0.306 e. The van der Waals surface area contributed by atoms with Crippen molar-refractivity contribution in [1.82, 2.24) is 0 Å². The molecule has 1 amide bonds. The first-order valence-corrected chi connectivity index (χ1v) is 8.94. The summed E-state index contributed by atoms with van der Waals surface area (Å²) in [4.78, 5) is 23.6. The van der Waals surface area contributed by atoms with E-state index in [0.29, 0.717) is 30.2 Å².